The lowest BCUT2D eigenvalue weighted by Gasteiger charge is -2.21. The van der Waals surface area contributed by atoms with Crippen molar-refractivity contribution >= 4 is 33.2 Å². The van der Waals surface area contributed by atoms with Crippen molar-refractivity contribution in [2.24, 2.45) is 0 Å². The van der Waals surface area contributed by atoms with Gasteiger partial charge in [-0.25, -0.2) is 0 Å². The number of ether oxygens (including phenoxy) is 1. The van der Waals surface area contributed by atoms with Crippen LogP contribution in [0.3, 0.4) is 0 Å². The van der Waals surface area contributed by atoms with Crippen molar-refractivity contribution in [3.63, 3.8) is 0 Å². The molecule has 0 aliphatic carbocycles. The SMILES string of the molecule is CCOc1ccccc1C(CO)Nc1ccc(Cl)c(Br)c1. The van der Waals surface area contributed by atoms with Crippen LogP contribution in [0.5, 0.6) is 5.75 Å². The predicted molar refractivity (Wildman–Crippen MR) is 90.2 cm³/mol. The summed E-state index contributed by atoms with van der Waals surface area (Å²) in [6.45, 7) is 2.49. The van der Waals surface area contributed by atoms with E-state index in [9.17, 15) is 5.11 Å². The highest BCUT2D eigenvalue weighted by Crippen LogP contribution is 2.30. The van der Waals surface area contributed by atoms with E-state index >= 15 is 0 Å². The van der Waals surface area contributed by atoms with Crippen molar-refractivity contribution in [2.45, 2.75) is 13.0 Å². The van der Waals surface area contributed by atoms with Crippen molar-refractivity contribution < 1.29 is 9.84 Å². The zero-order valence-corrected chi connectivity index (χ0v) is 14.0. The Morgan fingerprint density at radius 1 is 1.29 bits per heavy atom. The van der Waals surface area contributed by atoms with E-state index in [0.717, 1.165) is 21.5 Å². The second-order valence-electron chi connectivity index (χ2n) is 4.48. The van der Waals surface area contributed by atoms with Crippen LogP contribution >= 0.6 is 27.5 Å². The number of aliphatic hydroxyl groups excluding tert-OH is 1. The van der Waals surface area contributed by atoms with Gasteiger partial charge in [0.25, 0.3) is 0 Å². The van der Waals surface area contributed by atoms with Crippen LogP contribution in [0.4, 0.5) is 5.69 Å². The third-order valence-electron chi connectivity index (χ3n) is 3.04. The lowest BCUT2D eigenvalue weighted by molar-refractivity contribution is 0.270. The van der Waals surface area contributed by atoms with Crippen LogP contribution in [0.1, 0.15) is 18.5 Å². The molecule has 0 bridgehead atoms. The molecule has 0 amide bonds. The van der Waals surface area contributed by atoms with Gasteiger partial charge in [-0.15, -0.1) is 0 Å². The molecule has 112 valence electrons. The molecule has 1 unspecified atom stereocenters. The van der Waals surface area contributed by atoms with E-state index in [-0.39, 0.29) is 12.6 Å². The first-order valence-electron chi connectivity index (χ1n) is 6.70. The number of rotatable bonds is 6. The Morgan fingerprint density at radius 2 is 2.05 bits per heavy atom. The normalized spacial score (nSPS) is 12.0. The molecule has 2 rings (SSSR count). The van der Waals surface area contributed by atoms with Gasteiger partial charge in [0.1, 0.15) is 5.75 Å². The van der Waals surface area contributed by atoms with Crippen molar-refractivity contribution in [3.8, 4) is 5.75 Å². The quantitative estimate of drug-likeness (QED) is 0.778. The van der Waals surface area contributed by atoms with Gasteiger partial charge in [-0.3, -0.25) is 0 Å². The Balaban J connectivity index is 2.25. The molecule has 21 heavy (non-hydrogen) atoms. The van der Waals surface area contributed by atoms with Crippen LogP contribution in [0, 0.1) is 0 Å². The minimum absolute atomic E-state index is 0.0374. The maximum absolute atomic E-state index is 9.70. The molecule has 0 aliphatic rings. The lowest BCUT2D eigenvalue weighted by Crippen LogP contribution is -2.16. The molecule has 0 spiro atoms. The van der Waals surface area contributed by atoms with Crippen LogP contribution in [0.15, 0.2) is 46.9 Å². The molecule has 5 heteroatoms. The molecular weight excluding hydrogens is 354 g/mol. The minimum atomic E-state index is -0.249. The zero-order chi connectivity index (χ0) is 15.2. The summed E-state index contributed by atoms with van der Waals surface area (Å²) in [5.74, 6) is 0.777. The number of para-hydroxylation sites is 1. The highest BCUT2D eigenvalue weighted by molar-refractivity contribution is 9.10. The first-order valence-corrected chi connectivity index (χ1v) is 7.87. The van der Waals surface area contributed by atoms with Crippen molar-refractivity contribution in [1.29, 1.82) is 0 Å². The Kier molecular flexibility index (Phi) is 5.91. The van der Waals surface area contributed by atoms with Crippen LogP contribution in [0.25, 0.3) is 0 Å². The lowest BCUT2D eigenvalue weighted by atomic mass is 10.1. The van der Waals surface area contributed by atoms with E-state index in [1.54, 1.807) is 6.07 Å². The highest BCUT2D eigenvalue weighted by atomic mass is 79.9. The van der Waals surface area contributed by atoms with E-state index < -0.39 is 0 Å². The molecule has 2 N–H and O–H groups in total. The molecule has 0 fully saturated rings. The van der Waals surface area contributed by atoms with Gasteiger partial charge in [0, 0.05) is 15.7 Å². The summed E-state index contributed by atoms with van der Waals surface area (Å²) in [7, 11) is 0. The molecule has 2 aromatic carbocycles. The highest BCUT2D eigenvalue weighted by Gasteiger charge is 2.15. The largest absolute Gasteiger partial charge is 0.494 e. The molecule has 0 saturated heterocycles. The molecule has 1 atom stereocenters. The second kappa shape index (κ2) is 7.69. The zero-order valence-electron chi connectivity index (χ0n) is 11.6. The Bertz CT molecular complexity index is 607. The molecule has 0 saturated carbocycles. The summed E-state index contributed by atoms with van der Waals surface area (Å²) in [6.07, 6.45) is 0. The molecule has 0 aliphatic heterocycles. The first kappa shape index (κ1) is 16.1. The minimum Gasteiger partial charge on any atom is -0.494 e. The summed E-state index contributed by atoms with van der Waals surface area (Å²) >= 11 is 9.38. The average Bonchev–Trinajstić information content (AvgIpc) is 2.49. The van der Waals surface area contributed by atoms with E-state index in [1.807, 2.05) is 43.3 Å². The standard InChI is InChI=1S/C16H17BrClNO2/c1-2-21-16-6-4-3-5-12(16)15(10-20)19-11-7-8-14(18)13(17)9-11/h3-9,15,19-20H,2,10H2,1H3. The fourth-order valence-electron chi connectivity index (χ4n) is 2.06. The number of hydrogen-bond donors (Lipinski definition) is 2. The van der Waals surface area contributed by atoms with Crippen molar-refractivity contribution in [2.75, 3.05) is 18.5 Å². The van der Waals surface area contributed by atoms with Crippen LogP contribution in [0.2, 0.25) is 5.02 Å². The van der Waals surface area contributed by atoms with E-state index in [1.165, 1.54) is 0 Å². The van der Waals surface area contributed by atoms with Gasteiger partial charge in [0.2, 0.25) is 0 Å². The van der Waals surface area contributed by atoms with Gasteiger partial charge < -0.3 is 15.2 Å². The summed E-state index contributed by atoms with van der Waals surface area (Å²) in [5, 5.41) is 13.6. The van der Waals surface area contributed by atoms with Crippen LogP contribution in [-0.4, -0.2) is 18.3 Å². The Labute approximate surface area is 138 Å². The summed E-state index contributed by atoms with van der Waals surface area (Å²) in [4.78, 5) is 0. The average molecular weight is 371 g/mol. The van der Waals surface area contributed by atoms with Crippen LogP contribution in [-0.2, 0) is 0 Å². The first-order chi connectivity index (χ1) is 10.2. The van der Waals surface area contributed by atoms with E-state index in [0.29, 0.717) is 11.6 Å². The molecule has 0 heterocycles. The number of anilines is 1. The predicted octanol–water partition coefficient (Wildman–Crippen LogP) is 4.65. The molecule has 2 aromatic rings. The second-order valence-corrected chi connectivity index (χ2v) is 5.74. The summed E-state index contributed by atoms with van der Waals surface area (Å²) < 4.78 is 6.43. The number of hydrogen-bond acceptors (Lipinski definition) is 3. The number of aliphatic hydroxyl groups is 1. The number of nitrogens with one attached hydrogen (secondary N) is 1. The Hall–Kier alpha value is -1.23. The van der Waals surface area contributed by atoms with Crippen molar-refractivity contribution in [3.05, 3.63) is 57.5 Å². The fraction of sp³-hybridized carbons (Fsp3) is 0.250. The van der Waals surface area contributed by atoms with Gasteiger partial charge >= 0.3 is 0 Å². The third-order valence-corrected chi connectivity index (χ3v) is 4.25. The van der Waals surface area contributed by atoms with E-state index in [4.69, 9.17) is 16.3 Å². The molecular formula is C16H17BrClNO2. The maximum atomic E-state index is 9.70. The molecule has 3 nitrogen and oxygen atoms in total. The Morgan fingerprint density at radius 3 is 2.71 bits per heavy atom. The van der Waals surface area contributed by atoms with Gasteiger partial charge in [-0.2, -0.15) is 0 Å². The van der Waals surface area contributed by atoms with Gasteiger partial charge in [0.15, 0.2) is 0 Å². The number of halogens is 2. The fourth-order valence-corrected chi connectivity index (χ4v) is 2.56. The van der Waals surface area contributed by atoms with E-state index in [2.05, 4.69) is 21.2 Å². The van der Waals surface area contributed by atoms with Crippen LogP contribution < -0.4 is 10.1 Å². The maximum Gasteiger partial charge on any atom is 0.124 e. The third kappa shape index (κ3) is 4.13. The smallest absolute Gasteiger partial charge is 0.124 e. The molecule has 0 radical (unpaired) electrons. The topological polar surface area (TPSA) is 41.5 Å². The molecule has 0 aromatic heterocycles. The van der Waals surface area contributed by atoms with Crippen molar-refractivity contribution in [1.82, 2.24) is 0 Å². The summed E-state index contributed by atoms with van der Waals surface area (Å²) in [5.41, 5.74) is 1.80. The van der Waals surface area contributed by atoms with Gasteiger partial charge in [-0.1, -0.05) is 29.8 Å². The van der Waals surface area contributed by atoms with Gasteiger partial charge in [0.05, 0.1) is 24.3 Å². The monoisotopic (exact) mass is 369 g/mol. The van der Waals surface area contributed by atoms with Gasteiger partial charge in [-0.05, 0) is 47.1 Å². The number of benzene rings is 2. The summed E-state index contributed by atoms with van der Waals surface area (Å²) in [6, 6.07) is 13.0.